The van der Waals surface area contributed by atoms with Crippen LogP contribution in [0.2, 0.25) is 0 Å². The summed E-state index contributed by atoms with van der Waals surface area (Å²) in [5.41, 5.74) is 10.5. The van der Waals surface area contributed by atoms with Crippen LogP contribution in [0.4, 0.5) is 5.69 Å². The smallest absolute Gasteiger partial charge is 0.153 e. The predicted molar refractivity (Wildman–Crippen MR) is 99.2 cm³/mol. The van der Waals surface area contributed by atoms with Gasteiger partial charge in [0.05, 0.1) is 12.2 Å². The first kappa shape index (κ1) is 17.4. The SMILES string of the molecule is CS(=O)(=O)Cc1nc(CN2CCCc3cc(CCN)ccc32)cs1. The minimum absolute atomic E-state index is 0.0245. The van der Waals surface area contributed by atoms with Crippen LogP contribution >= 0.6 is 11.3 Å². The molecule has 24 heavy (non-hydrogen) atoms. The van der Waals surface area contributed by atoms with E-state index in [1.54, 1.807) is 0 Å². The Morgan fingerprint density at radius 1 is 1.38 bits per heavy atom. The minimum atomic E-state index is -3.03. The molecule has 2 aromatic rings. The molecule has 0 fully saturated rings. The van der Waals surface area contributed by atoms with Gasteiger partial charge in [0.1, 0.15) is 10.8 Å². The van der Waals surface area contributed by atoms with Crippen molar-refractivity contribution in [1.29, 1.82) is 0 Å². The van der Waals surface area contributed by atoms with Crippen LogP contribution in [-0.4, -0.2) is 32.7 Å². The number of thiazole rings is 1. The Morgan fingerprint density at radius 3 is 2.96 bits per heavy atom. The standard InChI is InChI=1S/C17H23N3O2S2/c1-24(21,22)12-17-19-15(11-23-17)10-20-8-2-3-14-9-13(6-7-18)4-5-16(14)20/h4-5,9,11H,2-3,6-8,10,12,18H2,1H3. The molecule has 0 radical (unpaired) electrons. The monoisotopic (exact) mass is 365 g/mol. The molecular formula is C17H23N3O2S2. The Labute approximate surface area is 147 Å². The second-order valence-electron chi connectivity index (χ2n) is 6.33. The summed E-state index contributed by atoms with van der Waals surface area (Å²) < 4.78 is 22.8. The molecule has 0 saturated heterocycles. The predicted octanol–water partition coefficient (Wildman–Crippen LogP) is 2.14. The molecule has 0 unspecified atom stereocenters. The normalized spacial score (nSPS) is 14.7. The molecule has 0 atom stereocenters. The Balaban J connectivity index is 1.75. The van der Waals surface area contributed by atoms with Gasteiger partial charge < -0.3 is 10.6 Å². The van der Waals surface area contributed by atoms with Gasteiger partial charge in [0.25, 0.3) is 0 Å². The average Bonchev–Trinajstić information content (AvgIpc) is 2.92. The molecule has 1 aliphatic heterocycles. The fraction of sp³-hybridized carbons (Fsp3) is 0.471. The van der Waals surface area contributed by atoms with Crippen LogP contribution in [0.25, 0.3) is 0 Å². The first-order valence-corrected chi connectivity index (χ1v) is 11.1. The van der Waals surface area contributed by atoms with E-state index in [0.29, 0.717) is 11.6 Å². The maximum atomic E-state index is 11.4. The summed E-state index contributed by atoms with van der Waals surface area (Å²) in [7, 11) is -3.03. The zero-order chi connectivity index (χ0) is 17.2. The number of rotatable bonds is 6. The maximum absolute atomic E-state index is 11.4. The number of nitrogens with zero attached hydrogens (tertiary/aromatic N) is 2. The number of anilines is 1. The number of hydrogen-bond acceptors (Lipinski definition) is 6. The summed E-state index contributed by atoms with van der Waals surface area (Å²) in [6.45, 7) is 2.40. The van der Waals surface area contributed by atoms with E-state index in [9.17, 15) is 8.42 Å². The van der Waals surface area contributed by atoms with Crippen molar-refractivity contribution in [3.05, 3.63) is 45.4 Å². The molecule has 2 heterocycles. The fourth-order valence-corrected chi connectivity index (χ4v) is 5.12. The van der Waals surface area contributed by atoms with Crippen molar-refractivity contribution < 1.29 is 8.42 Å². The third-order valence-electron chi connectivity index (χ3n) is 4.13. The van der Waals surface area contributed by atoms with Crippen LogP contribution in [0.3, 0.4) is 0 Å². The second kappa shape index (κ2) is 7.21. The summed E-state index contributed by atoms with van der Waals surface area (Å²) >= 11 is 1.42. The number of sulfone groups is 1. The lowest BCUT2D eigenvalue weighted by Gasteiger charge is -2.31. The highest BCUT2D eigenvalue weighted by molar-refractivity contribution is 7.90. The molecule has 1 aromatic carbocycles. The third kappa shape index (κ3) is 4.34. The van der Waals surface area contributed by atoms with Crippen LogP contribution < -0.4 is 10.6 Å². The van der Waals surface area contributed by atoms with Crippen LogP contribution in [-0.2, 0) is 35.0 Å². The van der Waals surface area contributed by atoms with Gasteiger partial charge in [-0.25, -0.2) is 13.4 Å². The third-order valence-corrected chi connectivity index (χ3v) is 6.01. The lowest BCUT2D eigenvalue weighted by Crippen LogP contribution is -2.29. The van der Waals surface area contributed by atoms with Crippen molar-refractivity contribution in [3.63, 3.8) is 0 Å². The van der Waals surface area contributed by atoms with Crippen LogP contribution in [0.5, 0.6) is 0 Å². The molecular weight excluding hydrogens is 342 g/mol. The molecule has 0 amide bonds. The Hall–Kier alpha value is -1.44. The molecule has 1 aliphatic rings. The zero-order valence-corrected chi connectivity index (χ0v) is 15.5. The molecule has 0 aliphatic carbocycles. The van der Waals surface area contributed by atoms with E-state index >= 15 is 0 Å². The van der Waals surface area contributed by atoms with Gasteiger partial charge in [-0.05, 0) is 43.0 Å². The van der Waals surface area contributed by atoms with Gasteiger partial charge >= 0.3 is 0 Å². The van der Waals surface area contributed by atoms with Gasteiger partial charge in [-0.1, -0.05) is 12.1 Å². The first-order chi connectivity index (χ1) is 11.4. The highest BCUT2D eigenvalue weighted by atomic mass is 32.2. The van der Waals surface area contributed by atoms with Gasteiger partial charge in [0.15, 0.2) is 9.84 Å². The number of fused-ring (bicyclic) bond motifs is 1. The van der Waals surface area contributed by atoms with E-state index < -0.39 is 9.84 Å². The fourth-order valence-electron chi connectivity index (χ4n) is 3.12. The summed E-state index contributed by atoms with van der Waals surface area (Å²) in [5.74, 6) is 0.0245. The molecule has 1 aromatic heterocycles. The lowest BCUT2D eigenvalue weighted by molar-refractivity contribution is 0.601. The Morgan fingerprint density at radius 2 is 2.21 bits per heavy atom. The van der Waals surface area contributed by atoms with Crippen molar-refractivity contribution in [2.75, 3.05) is 24.2 Å². The van der Waals surface area contributed by atoms with E-state index in [-0.39, 0.29) is 5.75 Å². The van der Waals surface area contributed by atoms with Crippen molar-refractivity contribution in [2.24, 2.45) is 5.73 Å². The Kier molecular flexibility index (Phi) is 5.22. The van der Waals surface area contributed by atoms with Gasteiger partial charge in [-0.2, -0.15) is 0 Å². The van der Waals surface area contributed by atoms with Crippen molar-refractivity contribution in [1.82, 2.24) is 4.98 Å². The topological polar surface area (TPSA) is 76.3 Å². The van der Waals surface area contributed by atoms with Gasteiger partial charge in [0, 0.05) is 23.9 Å². The zero-order valence-electron chi connectivity index (χ0n) is 13.9. The first-order valence-electron chi connectivity index (χ1n) is 8.12. The highest BCUT2D eigenvalue weighted by Gasteiger charge is 2.19. The maximum Gasteiger partial charge on any atom is 0.153 e. The number of hydrogen-bond donors (Lipinski definition) is 1. The van der Waals surface area contributed by atoms with Crippen LogP contribution in [0.1, 0.15) is 28.2 Å². The van der Waals surface area contributed by atoms with Gasteiger partial charge in [0.2, 0.25) is 0 Å². The average molecular weight is 366 g/mol. The number of nitrogens with two attached hydrogens (primary N) is 1. The van der Waals surface area contributed by atoms with Crippen molar-refractivity contribution >= 4 is 26.9 Å². The van der Waals surface area contributed by atoms with E-state index in [0.717, 1.165) is 38.0 Å². The number of aryl methyl sites for hydroxylation is 1. The van der Waals surface area contributed by atoms with Gasteiger partial charge in [-0.3, -0.25) is 0 Å². The Bertz CT molecular complexity index is 815. The van der Waals surface area contributed by atoms with Crippen LogP contribution in [0.15, 0.2) is 23.6 Å². The molecule has 2 N–H and O–H groups in total. The van der Waals surface area contributed by atoms with Crippen molar-refractivity contribution in [2.45, 2.75) is 31.6 Å². The highest BCUT2D eigenvalue weighted by Crippen LogP contribution is 2.29. The molecule has 0 bridgehead atoms. The van der Waals surface area contributed by atoms with E-state index in [4.69, 9.17) is 5.73 Å². The van der Waals surface area contributed by atoms with E-state index in [1.165, 1.54) is 34.4 Å². The summed E-state index contributed by atoms with van der Waals surface area (Å²) in [5, 5.41) is 2.64. The van der Waals surface area contributed by atoms with E-state index in [2.05, 4.69) is 28.1 Å². The molecule has 130 valence electrons. The summed E-state index contributed by atoms with van der Waals surface area (Å²) in [4.78, 5) is 6.83. The summed E-state index contributed by atoms with van der Waals surface area (Å²) in [6.07, 6.45) is 4.38. The van der Waals surface area contributed by atoms with Crippen molar-refractivity contribution in [3.8, 4) is 0 Å². The number of aromatic nitrogens is 1. The minimum Gasteiger partial charge on any atom is -0.365 e. The summed E-state index contributed by atoms with van der Waals surface area (Å²) in [6, 6.07) is 6.61. The molecule has 5 nitrogen and oxygen atoms in total. The molecule has 0 saturated carbocycles. The lowest BCUT2D eigenvalue weighted by atomic mass is 9.98. The second-order valence-corrected chi connectivity index (χ2v) is 9.41. The molecule has 0 spiro atoms. The molecule has 7 heteroatoms. The molecule has 3 rings (SSSR count). The van der Waals surface area contributed by atoms with E-state index in [1.807, 2.05) is 5.38 Å². The van der Waals surface area contributed by atoms with Gasteiger partial charge in [-0.15, -0.1) is 11.3 Å². The quantitative estimate of drug-likeness (QED) is 0.849. The van der Waals surface area contributed by atoms with Crippen LogP contribution in [0, 0.1) is 0 Å². The number of benzene rings is 1. The largest absolute Gasteiger partial charge is 0.365 e.